The molecule has 2 heterocycles. The van der Waals surface area contributed by atoms with Crippen molar-refractivity contribution in [1.82, 2.24) is 15.2 Å². The minimum Gasteiger partial charge on any atom is -0.419 e. The second-order valence-electron chi connectivity index (χ2n) is 4.48. The Hall–Kier alpha value is -1.71. The number of aryl methyl sites for hydroxylation is 2. The highest BCUT2D eigenvalue weighted by atomic mass is 16.4. The zero-order valence-electron chi connectivity index (χ0n) is 11.0. The summed E-state index contributed by atoms with van der Waals surface area (Å²) in [6, 6.07) is 5.79. The Kier molecular flexibility index (Phi) is 4.45. The molecule has 0 saturated carbocycles. The molecule has 4 heteroatoms. The van der Waals surface area contributed by atoms with Crippen LogP contribution in [0.1, 0.15) is 44.2 Å². The van der Waals surface area contributed by atoms with E-state index in [1.54, 1.807) is 0 Å². The molecule has 96 valence electrons. The number of aromatic nitrogens is 3. The summed E-state index contributed by atoms with van der Waals surface area (Å²) in [6.07, 6.45) is 5.69. The van der Waals surface area contributed by atoms with Crippen LogP contribution in [0, 0.1) is 6.92 Å². The Bertz CT molecular complexity index is 493. The first-order valence-electron chi connectivity index (χ1n) is 6.56. The number of hydrogen-bond acceptors (Lipinski definition) is 4. The standard InChI is InChI=1S/C14H19N3O/c1-3-4-5-6-10-13-16-17-14(18-13)12-9-7-8-11(2)15-12/h7-9H,3-6,10H2,1-2H3. The summed E-state index contributed by atoms with van der Waals surface area (Å²) in [5.41, 5.74) is 1.71. The number of nitrogens with zero attached hydrogens (tertiary/aromatic N) is 3. The Morgan fingerprint density at radius 1 is 1.11 bits per heavy atom. The maximum atomic E-state index is 5.62. The van der Waals surface area contributed by atoms with Gasteiger partial charge in [-0.15, -0.1) is 10.2 Å². The zero-order chi connectivity index (χ0) is 12.8. The van der Waals surface area contributed by atoms with E-state index in [0.717, 1.165) is 24.2 Å². The van der Waals surface area contributed by atoms with Crippen LogP contribution in [0.5, 0.6) is 0 Å². The van der Waals surface area contributed by atoms with Crippen LogP contribution in [-0.4, -0.2) is 15.2 Å². The van der Waals surface area contributed by atoms with Crippen molar-refractivity contribution in [2.75, 3.05) is 0 Å². The summed E-state index contributed by atoms with van der Waals surface area (Å²) in [4.78, 5) is 4.37. The van der Waals surface area contributed by atoms with Gasteiger partial charge in [0.1, 0.15) is 5.69 Å². The van der Waals surface area contributed by atoms with Crippen molar-refractivity contribution in [2.45, 2.75) is 46.0 Å². The van der Waals surface area contributed by atoms with Crippen LogP contribution in [0.4, 0.5) is 0 Å². The van der Waals surface area contributed by atoms with Crippen LogP contribution in [0.2, 0.25) is 0 Å². The van der Waals surface area contributed by atoms with E-state index in [9.17, 15) is 0 Å². The first-order valence-corrected chi connectivity index (χ1v) is 6.56. The molecule has 2 rings (SSSR count). The first-order chi connectivity index (χ1) is 8.79. The Labute approximate surface area is 107 Å². The maximum Gasteiger partial charge on any atom is 0.266 e. The lowest BCUT2D eigenvalue weighted by atomic mass is 10.1. The van der Waals surface area contributed by atoms with E-state index in [1.807, 2.05) is 25.1 Å². The molecule has 0 aromatic carbocycles. The van der Waals surface area contributed by atoms with Gasteiger partial charge in [-0.05, 0) is 25.5 Å². The molecule has 0 radical (unpaired) electrons. The lowest BCUT2D eigenvalue weighted by Crippen LogP contribution is -1.85. The molecule has 0 aliphatic rings. The predicted octanol–water partition coefficient (Wildman–Crippen LogP) is 3.56. The van der Waals surface area contributed by atoms with Crippen molar-refractivity contribution in [3.63, 3.8) is 0 Å². The highest BCUT2D eigenvalue weighted by Crippen LogP contribution is 2.16. The van der Waals surface area contributed by atoms with Gasteiger partial charge in [-0.1, -0.05) is 32.3 Å². The van der Waals surface area contributed by atoms with Gasteiger partial charge in [0.05, 0.1) is 0 Å². The summed E-state index contributed by atoms with van der Waals surface area (Å²) < 4.78 is 5.62. The number of rotatable bonds is 6. The minimum atomic E-state index is 0.518. The van der Waals surface area contributed by atoms with Gasteiger partial charge in [-0.2, -0.15) is 0 Å². The maximum absolute atomic E-state index is 5.62. The molecule has 2 aromatic rings. The number of unbranched alkanes of at least 4 members (excludes halogenated alkanes) is 3. The zero-order valence-corrected chi connectivity index (χ0v) is 11.0. The van der Waals surface area contributed by atoms with Crippen molar-refractivity contribution in [2.24, 2.45) is 0 Å². The molecule has 0 spiro atoms. The quantitative estimate of drug-likeness (QED) is 0.730. The van der Waals surface area contributed by atoms with E-state index in [0.29, 0.717) is 11.8 Å². The second kappa shape index (κ2) is 6.28. The Morgan fingerprint density at radius 2 is 2.00 bits per heavy atom. The topological polar surface area (TPSA) is 51.8 Å². The summed E-state index contributed by atoms with van der Waals surface area (Å²) in [7, 11) is 0. The average molecular weight is 245 g/mol. The smallest absolute Gasteiger partial charge is 0.266 e. The number of hydrogen-bond donors (Lipinski definition) is 0. The van der Waals surface area contributed by atoms with E-state index < -0.39 is 0 Å². The van der Waals surface area contributed by atoms with E-state index in [1.165, 1.54) is 19.3 Å². The van der Waals surface area contributed by atoms with Crippen molar-refractivity contribution < 1.29 is 4.42 Å². The van der Waals surface area contributed by atoms with Crippen LogP contribution in [0.25, 0.3) is 11.6 Å². The number of pyridine rings is 1. The fourth-order valence-electron chi connectivity index (χ4n) is 1.82. The molecule has 0 bridgehead atoms. The monoisotopic (exact) mass is 245 g/mol. The van der Waals surface area contributed by atoms with Gasteiger partial charge >= 0.3 is 0 Å². The van der Waals surface area contributed by atoms with Crippen LogP contribution in [0.15, 0.2) is 22.6 Å². The van der Waals surface area contributed by atoms with Crippen molar-refractivity contribution in [3.05, 3.63) is 29.8 Å². The highest BCUT2D eigenvalue weighted by Gasteiger charge is 2.09. The van der Waals surface area contributed by atoms with Crippen molar-refractivity contribution >= 4 is 0 Å². The predicted molar refractivity (Wildman–Crippen MR) is 70.1 cm³/mol. The lowest BCUT2D eigenvalue weighted by Gasteiger charge is -1.96. The van der Waals surface area contributed by atoms with E-state index in [2.05, 4.69) is 22.1 Å². The molecule has 0 aliphatic heterocycles. The average Bonchev–Trinajstić information content (AvgIpc) is 2.83. The SMILES string of the molecule is CCCCCCc1nnc(-c2cccc(C)n2)o1. The van der Waals surface area contributed by atoms with Gasteiger partial charge in [0.15, 0.2) is 0 Å². The normalized spacial score (nSPS) is 10.8. The molecule has 0 amide bonds. The summed E-state index contributed by atoms with van der Waals surface area (Å²) >= 11 is 0. The molecule has 0 saturated heterocycles. The van der Waals surface area contributed by atoms with Gasteiger partial charge < -0.3 is 4.42 Å². The summed E-state index contributed by atoms with van der Waals surface area (Å²) in [5, 5.41) is 8.11. The van der Waals surface area contributed by atoms with E-state index in [4.69, 9.17) is 4.42 Å². The van der Waals surface area contributed by atoms with Gasteiger partial charge in [0.2, 0.25) is 5.89 Å². The van der Waals surface area contributed by atoms with Crippen molar-refractivity contribution in [1.29, 1.82) is 0 Å². The van der Waals surface area contributed by atoms with Crippen LogP contribution in [0.3, 0.4) is 0 Å². The van der Waals surface area contributed by atoms with Crippen LogP contribution in [-0.2, 0) is 6.42 Å². The minimum absolute atomic E-state index is 0.518. The highest BCUT2D eigenvalue weighted by molar-refractivity contribution is 5.45. The fourth-order valence-corrected chi connectivity index (χ4v) is 1.82. The molecule has 0 fully saturated rings. The molecule has 4 nitrogen and oxygen atoms in total. The molecule has 18 heavy (non-hydrogen) atoms. The molecule has 0 unspecified atom stereocenters. The molecule has 0 atom stereocenters. The fraction of sp³-hybridized carbons (Fsp3) is 0.500. The molecular weight excluding hydrogens is 226 g/mol. The van der Waals surface area contributed by atoms with Gasteiger partial charge in [0.25, 0.3) is 5.89 Å². The van der Waals surface area contributed by atoms with Gasteiger partial charge in [0, 0.05) is 12.1 Å². The molecule has 0 aliphatic carbocycles. The van der Waals surface area contributed by atoms with E-state index >= 15 is 0 Å². The Balaban J connectivity index is 1.97. The molecular formula is C14H19N3O. The third-order valence-corrected chi connectivity index (χ3v) is 2.82. The molecule has 2 aromatic heterocycles. The van der Waals surface area contributed by atoms with Crippen LogP contribution >= 0.6 is 0 Å². The first kappa shape index (κ1) is 12.7. The third-order valence-electron chi connectivity index (χ3n) is 2.82. The second-order valence-corrected chi connectivity index (χ2v) is 4.48. The lowest BCUT2D eigenvalue weighted by molar-refractivity contribution is 0.488. The summed E-state index contributed by atoms with van der Waals surface area (Å²) in [6.45, 7) is 4.15. The molecule has 0 N–H and O–H groups in total. The Morgan fingerprint density at radius 3 is 2.78 bits per heavy atom. The van der Waals surface area contributed by atoms with E-state index in [-0.39, 0.29) is 0 Å². The van der Waals surface area contributed by atoms with Crippen LogP contribution < -0.4 is 0 Å². The van der Waals surface area contributed by atoms with Crippen molar-refractivity contribution in [3.8, 4) is 11.6 Å². The van der Waals surface area contributed by atoms with Gasteiger partial charge in [-0.3, -0.25) is 0 Å². The summed E-state index contributed by atoms with van der Waals surface area (Å²) in [5.74, 6) is 1.23. The third kappa shape index (κ3) is 3.39. The van der Waals surface area contributed by atoms with Gasteiger partial charge in [-0.25, -0.2) is 4.98 Å². The largest absolute Gasteiger partial charge is 0.419 e.